The van der Waals surface area contributed by atoms with Crippen molar-refractivity contribution in [3.63, 3.8) is 0 Å². The van der Waals surface area contributed by atoms with Gasteiger partial charge in [-0.15, -0.1) is 0 Å². The van der Waals surface area contributed by atoms with Gasteiger partial charge in [0, 0.05) is 0 Å². The monoisotopic (exact) mass is 454 g/mol. The number of benzene rings is 1. The Kier molecular flexibility index (Phi) is 11.4. The second-order valence-corrected chi connectivity index (χ2v) is 7.81. The molecule has 31 heavy (non-hydrogen) atoms. The van der Waals surface area contributed by atoms with E-state index in [0.29, 0.717) is 18.9 Å². The van der Waals surface area contributed by atoms with Crippen molar-refractivity contribution >= 4 is 5.97 Å². The van der Waals surface area contributed by atoms with E-state index in [9.17, 15) is 31.1 Å². The number of halogens is 6. The fraction of sp³-hybridized carbons (Fsp3) is 0.696. The second-order valence-electron chi connectivity index (χ2n) is 7.81. The predicted molar refractivity (Wildman–Crippen MR) is 108 cm³/mol. The molecule has 0 amide bonds. The molecule has 0 aliphatic carbocycles. The molecule has 0 saturated heterocycles. The Labute approximate surface area is 180 Å². The van der Waals surface area contributed by atoms with E-state index in [1.54, 1.807) is 6.92 Å². The first-order valence-corrected chi connectivity index (χ1v) is 11.0. The molecule has 1 aromatic rings. The van der Waals surface area contributed by atoms with Crippen LogP contribution in [0.1, 0.15) is 106 Å². The molecule has 8 heteroatoms. The summed E-state index contributed by atoms with van der Waals surface area (Å²) >= 11 is 0. The molecule has 0 aliphatic heterocycles. The lowest BCUT2D eigenvalue weighted by Crippen LogP contribution is -2.22. The Hall–Kier alpha value is -1.73. The lowest BCUT2D eigenvalue weighted by molar-refractivity contribution is -0.141. The topological polar surface area (TPSA) is 26.3 Å². The van der Waals surface area contributed by atoms with Gasteiger partial charge in [0.2, 0.25) is 0 Å². The van der Waals surface area contributed by atoms with Crippen molar-refractivity contribution in [2.24, 2.45) is 0 Å². The van der Waals surface area contributed by atoms with E-state index in [0.717, 1.165) is 25.7 Å². The van der Waals surface area contributed by atoms with Crippen molar-refractivity contribution in [3.05, 3.63) is 34.9 Å². The number of hydrogen-bond acceptors (Lipinski definition) is 2. The maximum atomic E-state index is 13.2. The molecule has 1 unspecified atom stereocenters. The first-order valence-electron chi connectivity index (χ1n) is 11.0. The second kappa shape index (κ2) is 13.0. The Morgan fingerprint density at radius 3 is 1.87 bits per heavy atom. The maximum absolute atomic E-state index is 13.2. The van der Waals surface area contributed by atoms with Crippen LogP contribution in [0.15, 0.2) is 18.2 Å². The Morgan fingerprint density at radius 2 is 1.39 bits per heavy atom. The number of carbonyl (C=O) groups excluding carboxylic acids is 1. The molecule has 0 aromatic heterocycles. The van der Waals surface area contributed by atoms with Crippen LogP contribution in [-0.4, -0.2) is 12.1 Å². The standard InChI is InChI=1S/C23H32F6O2/c1-3-5-6-7-8-9-10-11-12-13-18(4-2)31-21(30)19-16-17(22(24,25)26)14-15-20(19)23(27,28)29/h14-16,18H,3-13H2,1-2H3. The molecule has 0 radical (unpaired) electrons. The van der Waals surface area contributed by atoms with Crippen LogP contribution in [0, 0.1) is 0 Å². The molecule has 0 bridgehead atoms. The van der Waals surface area contributed by atoms with Gasteiger partial charge >= 0.3 is 18.3 Å². The van der Waals surface area contributed by atoms with E-state index in [-0.39, 0.29) is 12.1 Å². The van der Waals surface area contributed by atoms with E-state index in [1.807, 2.05) is 0 Å². The highest BCUT2D eigenvalue weighted by atomic mass is 19.4. The summed E-state index contributed by atoms with van der Waals surface area (Å²) in [6.45, 7) is 3.89. The van der Waals surface area contributed by atoms with Crippen LogP contribution in [0.2, 0.25) is 0 Å². The van der Waals surface area contributed by atoms with Gasteiger partial charge in [-0.05, 0) is 37.5 Å². The number of unbranched alkanes of at least 4 members (excludes halogenated alkanes) is 8. The van der Waals surface area contributed by atoms with Gasteiger partial charge in [-0.25, -0.2) is 4.79 Å². The number of rotatable bonds is 13. The van der Waals surface area contributed by atoms with Crippen molar-refractivity contribution in [3.8, 4) is 0 Å². The predicted octanol–water partition coefficient (Wildman–Crippen LogP) is 8.58. The highest BCUT2D eigenvalue weighted by Crippen LogP contribution is 2.37. The molecule has 0 aliphatic rings. The van der Waals surface area contributed by atoms with Crippen LogP contribution >= 0.6 is 0 Å². The molecule has 0 N–H and O–H groups in total. The SMILES string of the molecule is CCCCCCCCCCCC(CC)OC(=O)c1cc(C(F)(F)F)ccc1C(F)(F)F. The summed E-state index contributed by atoms with van der Waals surface area (Å²) in [5.74, 6) is -1.37. The molecule has 2 nitrogen and oxygen atoms in total. The number of alkyl halides is 6. The first-order chi connectivity index (χ1) is 14.5. The summed E-state index contributed by atoms with van der Waals surface area (Å²) < 4.78 is 83.4. The van der Waals surface area contributed by atoms with Gasteiger partial charge in [-0.1, -0.05) is 65.2 Å². The molecule has 0 heterocycles. The number of carbonyl (C=O) groups is 1. The quantitative estimate of drug-likeness (QED) is 0.169. The molecule has 0 spiro atoms. The van der Waals surface area contributed by atoms with Crippen molar-refractivity contribution in [2.75, 3.05) is 0 Å². The van der Waals surface area contributed by atoms with Crippen LogP contribution in [-0.2, 0) is 17.1 Å². The van der Waals surface area contributed by atoms with E-state index in [4.69, 9.17) is 4.74 Å². The molecular weight excluding hydrogens is 422 g/mol. The van der Waals surface area contributed by atoms with Gasteiger partial charge in [-0.2, -0.15) is 26.3 Å². The van der Waals surface area contributed by atoms with E-state index in [2.05, 4.69) is 6.92 Å². The zero-order chi connectivity index (χ0) is 23.5. The Morgan fingerprint density at radius 1 is 0.839 bits per heavy atom. The largest absolute Gasteiger partial charge is 0.459 e. The Balaban J connectivity index is 2.65. The zero-order valence-electron chi connectivity index (χ0n) is 18.2. The third kappa shape index (κ3) is 9.95. The van der Waals surface area contributed by atoms with Crippen molar-refractivity contribution < 1.29 is 35.9 Å². The summed E-state index contributed by atoms with van der Waals surface area (Å²) in [6, 6.07) is 0.816. The highest BCUT2D eigenvalue weighted by Gasteiger charge is 2.39. The molecular formula is C23H32F6O2. The zero-order valence-corrected chi connectivity index (χ0v) is 18.2. The lowest BCUT2D eigenvalue weighted by atomic mass is 10.0. The number of esters is 1. The minimum atomic E-state index is -4.96. The number of ether oxygens (including phenoxy) is 1. The van der Waals surface area contributed by atoms with Gasteiger partial charge in [0.05, 0.1) is 16.7 Å². The molecule has 0 saturated carbocycles. The summed E-state index contributed by atoms with van der Waals surface area (Å²) in [6.07, 6.45) is 0.249. The fourth-order valence-electron chi connectivity index (χ4n) is 3.38. The van der Waals surface area contributed by atoms with Crippen LogP contribution in [0.25, 0.3) is 0 Å². The smallest absolute Gasteiger partial charge is 0.417 e. The minimum Gasteiger partial charge on any atom is -0.459 e. The molecule has 1 aromatic carbocycles. The van der Waals surface area contributed by atoms with Crippen LogP contribution in [0.4, 0.5) is 26.3 Å². The first kappa shape index (κ1) is 27.3. The van der Waals surface area contributed by atoms with Crippen LogP contribution in [0.3, 0.4) is 0 Å². The van der Waals surface area contributed by atoms with E-state index < -0.39 is 41.1 Å². The van der Waals surface area contributed by atoms with Gasteiger partial charge in [-0.3, -0.25) is 0 Å². The third-order valence-corrected chi connectivity index (χ3v) is 5.23. The summed E-state index contributed by atoms with van der Waals surface area (Å²) in [5, 5.41) is 0. The summed E-state index contributed by atoms with van der Waals surface area (Å²) in [4.78, 5) is 12.3. The molecule has 1 atom stereocenters. The Bertz CT molecular complexity index is 667. The summed E-state index contributed by atoms with van der Waals surface area (Å²) in [5.41, 5.74) is -3.85. The van der Waals surface area contributed by atoms with Gasteiger partial charge in [0.25, 0.3) is 0 Å². The van der Waals surface area contributed by atoms with Crippen LogP contribution < -0.4 is 0 Å². The average Bonchev–Trinajstić information content (AvgIpc) is 2.69. The van der Waals surface area contributed by atoms with Gasteiger partial charge < -0.3 is 4.74 Å². The summed E-state index contributed by atoms with van der Waals surface area (Å²) in [7, 11) is 0. The third-order valence-electron chi connectivity index (χ3n) is 5.23. The van der Waals surface area contributed by atoms with E-state index in [1.165, 1.54) is 32.1 Å². The normalized spacial score (nSPS) is 13.3. The molecule has 0 fully saturated rings. The molecule has 178 valence electrons. The minimum absolute atomic E-state index is 0.219. The molecule has 1 rings (SSSR count). The van der Waals surface area contributed by atoms with Gasteiger partial charge in [0.15, 0.2) is 0 Å². The van der Waals surface area contributed by atoms with Crippen molar-refractivity contribution in [1.29, 1.82) is 0 Å². The highest BCUT2D eigenvalue weighted by molar-refractivity contribution is 5.91. The average molecular weight is 454 g/mol. The number of hydrogen-bond donors (Lipinski definition) is 0. The van der Waals surface area contributed by atoms with Gasteiger partial charge in [0.1, 0.15) is 6.10 Å². The fourth-order valence-corrected chi connectivity index (χ4v) is 3.38. The lowest BCUT2D eigenvalue weighted by Gasteiger charge is -2.19. The van der Waals surface area contributed by atoms with Crippen molar-refractivity contribution in [2.45, 2.75) is 103 Å². The maximum Gasteiger partial charge on any atom is 0.417 e. The van der Waals surface area contributed by atoms with Crippen molar-refractivity contribution in [1.82, 2.24) is 0 Å². The van der Waals surface area contributed by atoms with Crippen LogP contribution in [0.5, 0.6) is 0 Å². The van der Waals surface area contributed by atoms with E-state index >= 15 is 0 Å².